The van der Waals surface area contributed by atoms with Crippen LogP contribution < -0.4 is 36.4 Å². The van der Waals surface area contributed by atoms with Crippen LogP contribution in [0.5, 0.6) is 0 Å². The van der Waals surface area contributed by atoms with E-state index in [-0.39, 0.29) is 53.1 Å². The second-order valence-corrected chi connectivity index (χ2v) is 20.9. The largest absolute Gasteiger partial charge is 0.351 e. The number of nitrogens with zero attached hydrogens (tertiary/aromatic N) is 7. The van der Waals surface area contributed by atoms with Gasteiger partial charge in [-0.05, 0) is 155 Å². The van der Waals surface area contributed by atoms with Crippen LogP contribution in [0, 0.1) is 48.8 Å². The number of nitrogens with one attached hydrogen (secondary N) is 5. The number of halogens is 6. The Bertz CT molecular complexity index is 3870. The molecule has 1 fully saturated rings. The number of anilines is 7. The first-order valence-electron chi connectivity index (χ1n) is 25.8. The van der Waals surface area contributed by atoms with Crippen LogP contribution in [0.3, 0.4) is 0 Å². The van der Waals surface area contributed by atoms with Crippen LogP contribution in [-0.2, 0) is 23.9 Å². The van der Waals surface area contributed by atoms with Crippen molar-refractivity contribution >= 4 is 75.0 Å². The molecule has 11 rings (SSSR count). The number of para-hydroxylation sites is 2. The van der Waals surface area contributed by atoms with Crippen LogP contribution >= 0.6 is 0 Å². The summed E-state index contributed by atoms with van der Waals surface area (Å²) in [6.45, 7) is 5.27. The summed E-state index contributed by atoms with van der Waals surface area (Å²) in [5, 5.41) is 13.9. The highest BCUT2D eigenvalue weighted by atomic mass is 32.2. The summed E-state index contributed by atoms with van der Waals surface area (Å²) in [5.74, 6) is -5.48. The van der Waals surface area contributed by atoms with Gasteiger partial charge in [0.05, 0.1) is 35.3 Å². The number of aromatic nitrogens is 4. The van der Waals surface area contributed by atoms with Crippen molar-refractivity contribution in [1.82, 2.24) is 35.5 Å². The molecule has 3 aliphatic heterocycles. The summed E-state index contributed by atoms with van der Waals surface area (Å²) < 4.78 is 98.7. The number of piperidine rings is 1. The van der Waals surface area contributed by atoms with Gasteiger partial charge in [-0.2, -0.15) is 4.98 Å². The van der Waals surface area contributed by atoms with Gasteiger partial charge in [-0.1, -0.05) is 24.3 Å². The first-order chi connectivity index (χ1) is 39.8. The molecule has 0 spiro atoms. The molecule has 0 aliphatic carbocycles. The van der Waals surface area contributed by atoms with Crippen LogP contribution in [0.2, 0.25) is 0 Å². The van der Waals surface area contributed by atoms with E-state index in [9.17, 15) is 40.9 Å². The van der Waals surface area contributed by atoms with Gasteiger partial charge in [0.25, 0.3) is 11.8 Å². The average Bonchev–Trinajstić information content (AvgIpc) is 2.04. The van der Waals surface area contributed by atoms with E-state index < -0.39 is 81.0 Å². The molecule has 424 valence electrons. The Hall–Kier alpha value is -9.55. The fourth-order valence-corrected chi connectivity index (χ4v) is 10.0. The lowest BCUT2D eigenvalue weighted by Gasteiger charge is -2.32. The van der Waals surface area contributed by atoms with Gasteiger partial charge in [-0.3, -0.25) is 13.8 Å². The first-order valence-corrected chi connectivity index (χ1v) is 27.4. The van der Waals surface area contributed by atoms with Crippen LogP contribution in [0.4, 0.5) is 76.3 Å². The Morgan fingerprint density at radius 2 is 1.00 bits per heavy atom. The highest BCUT2D eigenvalue weighted by Gasteiger charge is 2.37. The van der Waals surface area contributed by atoms with E-state index in [1.54, 1.807) is 43.3 Å². The normalized spacial score (nSPS) is 14.5. The molecule has 5 N–H and O–H groups in total. The van der Waals surface area contributed by atoms with Gasteiger partial charge in [0.15, 0.2) is 11.6 Å². The maximum absolute atomic E-state index is 15.1. The topological polar surface area (TPSA) is 207 Å². The summed E-state index contributed by atoms with van der Waals surface area (Å²) in [6.07, 6.45) is 2.99. The number of urea groups is 2. The van der Waals surface area contributed by atoms with Crippen molar-refractivity contribution in [2.75, 3.05) is 52.1 Å². The van der Waals surface area contributed by atoms with E-state index in [4.69, 9.17) is 4.98 Å². The first kappa shape index (κ1) is 56.7. The summed E-state index contributed by atoms with van der Waals surface area (Å²) in [7, 11) is 0.315. The van der Waals surface area contributed by atoms with Crippen molar-refractivity contribution in [3.63, 3.8) is 0 Å². The minimum Gasteiger partial charge on any atom is -0.351 e. The number of benzene rings is 6. The molecule has 1 unspecified atom stereocenters. The van der Waals surface area contributed by atoms with E-state index in [1.807, 2.05) is 14.0 Å². The van der Waals surface area contributed by atoms with Gasteiger partial charge >= 0.3 is 12.1 Å². The molecule has 24 heteroatoms. The lowest BCUT2D eigenvalue weighted by Crippen LogP contribution is -2.43. The average molecular weight is 1150 g/mol. The zero-order valence-electron chi connectivity index (χ0n) is 44.7. The quantitative estimate of drug-likeness (QED) is 0.0608. The third-order valence-corrected chi connectivity index (χ3v) is 14.7. The highest BCUT2D eigenvalue weighted by molar-refractivity contribution is 7.84. The van der Waals surface area contributed by atoms with Gasteiger partial charge in [-0.25, -0.2) is 60.7 Å². The van der Waals surface area contributed by atoms with E-state index in [0.717, 1.165) is 65.6 Å². The number of carbonyl (C=O) groups excluding carboxylic acids is 4. The highest BCUT2D eigenvalue weighted by Crippen LogP contribution is 2.41. The minimum absolute atomic E-state index is 0.00395. The van der Waals surface area contributed by atoms with Crippen LogP contribution in [0.25, 0.3) is 22.5 Å². The molecule has 5 heterocycles. The summed E-state index contributed by atoms with van der Waals surface area (Å²) in [5.41, 5.74) is 4.04. The fraction of sp³-hybridized carbons (Fsp3) is 0.186. The lowest BCUT2D eigenvalue weighted by atomic mass is 9.97. The van der Waals surface area contributed by atoms with E-state index in [1.165, 1.54) is 66.9 Å². The number of hydrogen-bond acceptors (Lipinski definition) is 11. The molecule has 6 aromatic carbocycles. The SMILES string of the molecule is Cc1ccc(C(=O)Nc2ccc(F)cc2)cc1-c1nc(NC2CCN(C)CC2)nc2c1CNC(=O)N2c1c(F)cccc1F.Cc1ccc(C(=O)Nc2ccc(F)cc2)cc1-c1nc(S(C)=O)nc2c1CNC(=O)N2c1c(F)cccc1F. The monoisotopic (exact) mass is 1150 g/mol. The number of fused-ring (bicyclic) bond motifs is 2. The van der Waals surface area contributed by atoms with Gasteiger partial charge in [0.2, 0.25) is 11.1 Å². The van der Waals surface area contributed by atoms with Crippen molar-refractivity contribution in [2.24, 2.45) is 0 Å². The molecular weight excluding hydrogens is 1100 g/mol. The van der Waals surface area contributed by atoms with Crippen molar-refractivity contribution in [1.29, 1.82) is 0 Å². The molecule has 17 nitrogen and oxygen atoms in total. The van der Waals surface area contributed by atoms with Gasteiger partial charge in [-0.15, -0.1) is 0 Å². The van der Waals surface area contributed by atoms with E-state index in [2.05, 4.69) is 46.4 Å². The van der Waals surface area contributed by atoms with Crippen molar-refractivity contribution in [2.45, 2.75) is 51.0 Å². The Balaban J connectivity index is 0.000000187. The Labute approximate surface area is 473 Å². The molecular formula is C59H50F6N12O5S. The number of rotatable bonds is 11. The van der Waals surface area contributed by atoms with Gasteiger partial charge < -0.3 is 31.5 Å². The Morgan fingerprint density at radius 1 is 0.578 bits per heavy atom. The number of amides is 6. The summed E-state index contributed by atoms with van der Waals surface area (Å²) >= 11 is 0. The fourth-order valence-electron chi connectivity index (χ4n) is 9.60. The molecule has 6 amide bonds. The zero-order chi connectivity index (χ0) is 58.8. The number of aryl methyl sites for hydroxylation is 2. The van der Waals surface area contributed by atoms with Gasteiger partial charge in [0.1, 0.15) is 46.3 Å². The molecule has 2 aromatic heterocycles. The van der Waals surface area contributed by atoms with Crippen LogP contribution in [0.1, 0.15) is 55.8 Å². The molecule has 0 bridgehead atoms. The molecule has 1 saturated heterocycles. The number of carbonyl (C=O) groups is 4. The maximum Gasteiger partial charge on any atom is 0.328 e. The number of hydrogen-bond donors (Lipinski definition) is 5. The Kier molecular flexibility index (Phi) is 16.3. The Morgan fingerprint density at radius 3 is 1.43 bits per heavy atom. The van der Waals surface area contributed by atoms with Crippen molar-refractivity contribution < 1.29 is 49.7 Å². The van der Waals surface area contributed by atoms with Crippen molar-refractivity contribution in [3.05, 3.63) is 190 Å². The lowest BCUT2D eigenvalue weighted by molar-refractivity contribution is 0.101. The van der Waals surface area contributed by atoms with Crippen LogP contribution in [0.15, 0.2) is 126 Å². The van der Waals surface area contributed by atoms with Crippen LogP contribution in [-0.4, -0.2) is 85.4 Å². The summed E-state index contributed by atoms with van der Waals surface area (Å²) in [4.78, 5) is 74.3. The predicted octanol–water partition coefficient (Wildman–Crippen LogP) is 11.2. The smallest absolute Gasteiger partial charge is 0.328 e. The van der Waals surface area contributed by atoms with E-state index >= 15 is 8.78 Å². The van der Waals surface area contributed by atoms with E-state index in [0.29, 0.717) is 50.4 Å². The second-order valence-electron chi connectivity index (χ2n) is 19.6. The molecule has 83 heavy (non-hydrogen) atoms. The maximum atomic E-state index is 15.1. The molecule has 0 saturated carbocycles. The second kappa shape index (κ2) is 23.9. The zero-order valence-corrected chi connectivity index (χ0v) is 45.5. The number of likely N-dealkylation sites (tertiary alicyclic amines) is 1. The predicted molar refractivity (Wildman–Crippen MR) is 301 cm³/mol. The van der Waals surface area contributed by atoms with Crippen molar-refractivity contribution in [3.8, 4) is 22.5 Å². The van der Waals surface area contributed by atoms with Gasteiger partial charge in [0, 0.05) is 57.1 Å². The third kappa shape index (κ3) is 12.1. The third-order valence-electron chi connectivity index (χ3n) is 14.0. The molecule has 0 radical (unpaired) electrons. The standard InChI is InChI=1S/C32H30F3N7O2.C27H20F3N5O3S/c1-18-6-7-19(30(43)37-21-10-8-20(33)9-11-21)16-23(18)27-24-17-36-32(44)42(28-25(34)4-3-5-26(28)35)29(24)40-31(39-27)38-22-12-14-41(2)15-13-22;1-14-6-7-15(25(36)32-17-10-8-16(28)9-11-17)12-18(14)22-19-13-31-27(37)35(23-20(29)4-3-5-21(23)30)24(19)34-26(33-22)39(2)38/h3-11,16,22H,12-15,17H2,1-2H3,(H,36,44)(H,37,43)(H,38,39,40);3-12H,13H2,1-2H3,(H,31,37)(H,32,36). The summed E-state index contributed by atoms with van der Waals surface area (Å²) in [6, 6.07) is 25.7. The molecule has 1 atom stereocenters. The minimum atomic E-state index is -1.73. The molecule has 3 aliphatic rings. The molecule has 8 aromatic rings.